The first kappa shape index (κ1) is 40.4. The number of amides is 3. The molecule has 62 heavy (non-hydrogen) atoms. The fraction of sp³-hybridized carbons (Fsp3) is 0.558. The summed E-state index contributed by atoms with van der Waals surface area (Å²) in [5.74, 6) is -0.164. The molecule has 0 bridgehead atoms. The average molecular weight is 855 g/mol. The molecule has 3 saturated heterocycles. The molecule has 17 nitrogen and oxygen atoms in total. The van der Waals surface area contributed by atoms with Gasteiger partial charge in [0.1, 0.15) is 17.4 Å². The minimum absolute atomic E-state index is 0.0112. The number of carbonyl (C=O) groups is 3. The maximum absolute atomic E-state index is 14.4. The molecule has 10 rings (SSSR count). The third kappa shape index (κ3) is 7.41. The maximum Gasteiger partial charge on any atom is 0.329 e. The molecule has 328 valence electrons. The van der Waals surface area contributed by atoms with Crippen molar-refractivity contribution in [2.24, 2.45) is 13.0 Å². The summed E-state index contributed by atoms with van der Waals surface area (Å²) < 4.78 is 40.9. The van der Waals surface area contributed by atoms with E-state index in [-0.39, 0.29) is 40.9 Å². The summed E-state index contributed by atoms with van der Waals surface area (Å²) in [6, 6.07) is 7.28. The lowest BCUT2D eigenvalue weighted by Crippen LogP contribution is -2.45. The second-order valence-corrected chi connectivity index (χ2v) is 17.9. The number of anilines is 3. The largest absolute Gasteiger partial charge is 0.371 e. The highest BCUT2D eigenvalue weighted by Gasteiger charge is 2.48. The van der Waals surface area contributed by atoms with Gasteiger partial charge in [-0.15, -0.1) is 0 Å². The first-order chi connectivity index (χ1) is 29.9. The molecule has 1 atom stereocenters. The standard InChI is InChI=1S/C43H52F2N12O5/c1-51(27-12-17-53(18-13-27)31-4-3-5-32-37(31)52(2)42(61)57(32)33-10-11-35(58)49-41(33)60)23-26-6-8-28(9-7-26)56-24-30(36(50-56)38(44)45)47-40(59)29-22-46-55-19-14-34(48-39(29)55)54-20-21-62-43(25-54)15-16-43/h3-5,14,19,22,24,26-28,33,38H,6-13,15-18,20-21,23,25H2,1-2H3,(H,47,59)(H,49,58,60)/t26-,28-,33?. The quantitative estimate of drug-likeness (QED) is 0.191. The first-order valence-electron chi connectivity index (χ1n) is 21.9. The number of ether oxygens (including phenoxy) is 1. The number of nitrogens with one attached hydrogen (secondary N) is 2. The van der Waals surface area contributed by atoms with Gasteiger partial charge in [-0.05, 0) is 89.0 Å². The number of fused-ring (bicyclic) bond motifs is 2. The van der Waals surface area contributed by atoms with Gasteiger partial charge in [0.15, 0.2) is 11.3 Å². The fourth-order valence-electron chi connectivity index (χ4n) is 10.3. The SMILES string of the molecule is CN(C[C@H]1CC[C@H](n2cc(NC(=O)c3cnn4ccc(N5CCOC6(CC6)C5)nc34)c(C(F)F)n2)CC1)C1CCN(c2cccc3c2n(C)c(=O)n3C2CCC(=O)NC2=O)CC1. The predicted octanol–water partition coefficient (Wildman–Crippen LogP) is 4.45. The van der Waals surface area contributed by atoms with Gasteiger partial charge in [-0.1, -0.05) is 6.07 Å². The van der Waals surface area contributed by atoms with Crippen molar-refractivity contribution in [1.82, 2.24) is 43.7 Å². The monoisotopic (exact) mass is 854 g/mol. The van der Waals surface area contributed by atoms with Crippen molar-refractivity contribution >= 4 is 51.6 Å². The number of halogens is 2. The Morgan fingerprint density at radius 1 is 1.03 bits per heavy atom. The van der Waals surface area contributed by atoms with Gasteiger partial charge in [-0.25, -0.2) is 23.1 Å². The Hall–Kier alpha value is -5.69. The number of hydrogen-bond donors (Lipinski definition) is 2. The van der Waals surface area contributed by atoms with Crippen LogP contribution in [-0.2, 0) is 21.4 Å². The number of piperidine rings is 2. The van der Waals surface area contributed by atoms with Crippen LogP contribution in [0.25, 0.3) is 16.7 Å². The van der Waals surface area contributed by atoms with Gasteiger partial charge in [0, 0.05) is 64.6 Å². The highest BCUT2D eigenvalue weighted by Crippen LogP contribution is 2.43. The Morgan fingerprint density at radius 3 is 2.56 bits per heavy atom. The summed E-state index contributed by atoms with van der Waals surface area (Å²) >= 11 is 0. The molecular weight excluding hydrogens is 803 g/mol. The Morgan fingerprint density at radius 2 is 1.82 bits per heavy atom. The van der Waals surface area contributed by atoms with Gasteiger partial charge in [-0.2, -0.15) is 10.2 Å². The molecule has 5 aliphatic rings. The predicted molar refractivity (Wildman–Crippen MR) is 226 cm³/mol. The zero-order chi connectivity index (χ0) is 42.9. The number of imide groups is 1. The highest BCUT2D eigenvalue weighted by atomic mass is 19.3. The van der Waals surface area contributed by atoms with E-state index < -0.39 is 30.0 Å². The van der Waals surface area contributed by atoms with Gasteiger partial charge in [0.2, 0.25) is 11.8 Å². The molecule has 3 amide bonds. The Bertz CT molecular complexity index is 2600. The molecule has 0 radical (unpaired) electrons. The van der Waals surface area contributed by atoms with Crippen molar-refractivity contribution in [3.05, 3.63) is 64.6 Å². The molecule has 1 spiro atoms. The summed E-state index contributed by atoms with van der Waals surface area (Å²) in [6.45, 7) is 4.59. The van der Waals surface area contributed by atoms with E-state index in [1.807, 2.05) is 24.3 Å². The van der Waals surface area contributed by atoms with Crippen LogP contribution in [0, 0.1) is 5.92 Å². The summed E-state index contributed by atoms with van der Waals surface area (Å²) in [4.78, 5) is 63.3. The average Bonchev–Trinajstić information content (AvgIpc) is 3.56. The molecule has 5 aromatic rings. The molecule has 19 heteroatoms. The van der Waals surface area contributed by atoms with Crippen molar-refractivity contribution in [3.8, 4) is 0 Å². The lowest BCUT2D eigenvalue weighted by molar-refractivity contribution is -0.135. The molecule has 3 aliphatic heterocycles. The van der Waals surface area contributed by atoms with E-state index >= 15 is 0 Å². The second-order valence-electron chi connectivity index (χ2n) is 17.9. The van der Waals surface area contributed by atoms with Crippen molar-refractivity contribution in [2.45, 2.75) is 94.4 Å². The van der Waals surface area contributed by atoms with Crippen LogP contribution in [0.2, 0.25) is 0 Å². The Labute approximate surface area is 356 Å². The van der Waals surface area contributed by atoms with E-state index in [2.05, 4.69) is 42.6 Å². The lowest BCUT2D eigenvalue weighted by Gasteiger charge is -2.40. The van der Waals surface area contributed by atoms with Crippen LogP contribution < -0.4 is 26.1 Å². The second kappa shape index (κ2) is 15.9. The maximum atomic E-state index is 14.4. The number of carbonyl (C=O) groups excluding carboxylic acids is 3. The van der Waals surface area contributed by atoms with E-state index in [4.69, 9.17) is 9.72 Å². The van der Waals surface area contributed by atoms with Crippen molar-refractivity contribution in [3.63, 3.8) is 0 Å². The number of benzene rings is 1. The van der Waals surface area contributed by atoms with E-state index in [1.165, 1.54) is 15.3 Å². The van der Waals surface area contributed by atoms with Crippen LogP contribution in [0.1, 0.15) is 98.8 Å². The molecule has 1 unspecified atom stereocenters. The van der Waals surface area contributed by atoms with Gasteiger partial charge < -0.3 is 24.8 Å². The molecule has 4 aromatic heterocycles. The first-order valence-corrected chi connectivity index (χ1v) is 21.9. The van der Waals surface area contributed by atoms with Gasteiger partial charge in [-0.3, -0.25) is 33.5 Å². The minimum Gasteiger partial charge on any atom is -0.371 e. The molecule has 2 aliphatic carbocycles. The number of rotatable bonds is 10. The number of hydrogen-bond acceptors (Lipinski definition) is 11. The van der Waals surface area contributed by atoms with Gasteiger partial charge >= 0.3 is 5.69 Å². The number of alkyl halides is 2. The summed E-state index contributed by atoms with van der Waals surface area (Å²) in [5, 5.41) is 13.7. The highest BCUT2D eigenvalue weighted by molar-refractivity contribution is 6.08. The topological polar surface area (TPSA) is 169 Å². The number of morpholine rings is 1. The van der Waals surface area contributed by atoms with Gasteiger partial charge in [0.25, 0.3) is 12.3 Å². The Balaban J connectivity index is 0.747. The van der Waals surface area contributed by atoms with Crippen LogP contribution in [-0.4, -0.2) is 114 Å². The number of aromatic nitrogens is 7. The van der Waals surface area contributed by atoms with Crippen molar-refractivity contribution in [2.75, 3.05) is 61.5 Å². The lowest BCUT2D eigenvalue weighted by atomic mass is 9.85. The fourth-order valence-corrected chi connectivity index (χ4v) is 10.3. The Kier molecular flexibility index (Phi) is 10.4. The number of imidazole rings is 1. The molecule has 5 fully saturated rings. The van der Waals surface area contributed by atoms with Crippen LogP contribution >= 0.6 is 0 Å². The summed E-state index contributed by atoms with van der Waals surface area (Å²) in [6.07, 6.45) is 9.70. The van der Waals surface area contributed by atoms with Crippen LogP contribution in [0.3, 0.4) is 0 Å². The zero-order valence-electron chi connectivity index (χ0n) is 35.0. The van der Waals surface area contributed by atoms with E-state index in [9.17, 15) is 28.0 Å². The van der Waals surface area contributed by atoms with Crippen LogP contribution in [0.5, 0.6) is 0 Å². The van der Waals surface area contributed by atoms with Crippen LogP contribution in [0.15, 0.2) is 47.7 Å². The number of aryl methyl sites for hydroxylation is 1. The minimum atomic E-state index is -2.87. The smallest absolute Gasteiger partial charge is 0.329 e. The van der Waals surface area contributed by atoms with Gasteiger partial charge in [0.05, 0.1) is 46.9 Å². The van der Waals surface area contributed by atoms with Crippen LogP contribution in [0.4, 0.5) is 26.0 Å². The number of nitrogens with zero attached hydrogens (tertiary/aromatic N) is 10. The van der Waals surface area contributed by atoms with E-state index in [1.54, 1.807) is 28.7 Å². The molecule has 7 heterocycles. The van der Waals surface area contributed by atoms with Crippen molar-refractivity contribution in [1.29, 1.82) is 0 Å². The molecular formula is C43H52F2N12O5. The molecule has 2 N–H and O–H groups in total. The third-order valence-corrected chi connectivity index (χ3v) is 14.0. The number of para-hydroxylation sites is 1. The van der Waals surface area contributed by atoms with E-state index in [0.29, 0.717) is 42.7 Å². The molecule has 1 aromatic carbocycles. The summed E-state index contributed by atoms with van der Waals surface area (Å²) in [5.41, 5.74) is 2.13. The van der Waals surface area contributed by atoms with E-state index in [0.717, 1.165) is 94.6 Å². The summed E-state index contributed by atoms with van der Waals surface area (Å²) in [7, 11) is 3.92. The normalized spacial score (nSPS) is 23.3. The van der Waals surface area contributed by atoms with Crippen molar-refractivity contribution < 1.29 is 27.9 Å². The third-order valence-electron chi connectivity index (χ3n) is 14.0. The zero-order valence-corrected chi connectivity index (χ0v) is 35.0. The molecule has 2 saturated carbocycles.